The molecular weight excluding hydrogens is 251 g/mol. The summed E-state index contributed by atoms with van der Waals surface area (Å²) in [5, 5.41) is 0. The van der Waals surface area contributed by atoms with Gasteiger partial charge in [-0.2, -0.15) is 0 Å². The molecule has 0 N–H and O–H groups in total. The lowest BCUT2D eigenvalue weighted by atomic mass is 10.00. The molecule has 0 aliphatic carbocycles. The molecule has 0 saturated carbocycles. The molecule has 2 aromatic carbocycles. The monoisotopic (exact) mass is 270 g/mol. The second kappa shape index (κ2) is 6.99. The normalized spacial score (nSPS) is 10.5. The van der Waals surface area contributed by atoms with Crippen molar-refractivity contribution in [1.29, 1.82) is 0 Å². The van der Waals surface area contributed by atoms with Gasteiger partial charge < -0.3 is 0 Å². The zero-order chi connectivity index (χ0) is 14.4. The molecule has 2 aromatic rings. The Balaban J connectivity index is 2.07. The number of benzene rings is 2. The molecule has 0 aliphatic rings. The highest BCUT2D eigenvalue weighted by atomic mass is 19.1. The predicted molar refractivity (Wildman–Crippen MR) is 79.5 cm³/mol. The molecule has 0 aromatic heterocycles. The van der Waals surface area contributed by atoms with Gasteiger partial charge in [-0.1, -0.05) is 56.2 Å². The number of carbonyl (C=O) groups excluding carboxylic acids is 1. The van der Waals surface area contributed by atoms with Gasteiger partial charge in [-0.25, -0.2) is 4.39 Å². The van der Waals surface area contributed by atoms with Gasteiger partial charge in [-0.15, -0.1) is 0 Å². The Morgan fingerprint density at radius 2 is 1.75 bits per heavy atom. The zero-order valence-electron chi connectivity index (χ0n) is 11.7. The lowest BCUT2D eigenvalue weighted by Gasteiger charge is -2.04. The molecule has 0 spiro atoms. The molecule has 0 atom stereocenters. The van der Waals surface area contributed by atoms with E-state index in [0.717, 1.165) is 6.42 Å². The quantitative estimate of drug-likeness (QED) is 0.545. The van der Waals surface area contributed by atoms with Gasteiger partial charge in [-0.3, -0.25) is 4.79 Å². The van der Waals surface area contributed by atoms with Crippen LogP contribution in [0.2, 0.25) is 0 Å². The molecule has 0 radical (unpaired) electrons. The third-order valence-electron chi connectivity index (χ3n) is 3.37. The average molecular weight is 270 g/mol. The zero-order valence-corrected chi connectivity index (χ0v) is 11.7. The standard InChI is InChI=1S/C18H19FO/c1-2-3-4-6-14-9-11-15(12-10-14)18(20)16-7-5-8-17(19)13-16/h5,7-13H,2-4,6H2,1H3. The van der Waals surface area contributed by atoms with Crippen molar-refractivity contribution in [3.8, 4) is 0 Å². The smallest absolute Gasteiger partial charge is 0.193 e. The summed E-state index contributed by atoms with van der Waals surface area (Å²) in [4.78, 5) is 12.2. The number of halogens is 1. The van der Waals surface area contributed by atoms with Crippen LogP contribution in [0, 0.1) is 5.82 Å². The minimum atomic E-state index is -0.382. The van der Waals surface area contributed by atoms with Crippen LogP contribution in [0.25, 0.3) is 0 Å². The second-order valence-corrected chi connectivity index (χ2v) is 4.99. The van der Waals surface area contributed by atoms with Crippen molar-refractivity contribution in [1.82, 2.24) is 0 Å². The summed E-state index contributed by atoms with van der Waals surface area (Å²) in [6.45, 7) is 2.18. The van der Waals surface area contributed by atoms with E-state index in [9.17, 15) is 9.18 Å². The molecular formula is C18H19FO. The van der Waals surface area contributed by atoms with E-state index in [1.807, 2.05) is 24.3 Å². The van der Waals surface area contributed by atoms with E-state index in [1.54, 1.807) is 12.1 Å². The first-order valence-corrected chi connectivity index (χ1v) is 7.10. The minimum Gasteiger partial charge on any atom is -0.289 e. The van der Waals surface area contributed by atoms with Crippen LogP contribution >= 0.6 is 0 Å². The van der Waals surface area contributed by atoms with Crippen molar-refractivity contribution in [3.05, 3.63) is 71.0 Å². The van der Waals surface area contributed by atoms with Crippen LogP contribution in [0.1, 0.15) is 47.7 Å². The molecule has 20 heavy (non-hydrogen) atoms. The lowest BCUT2D eigenvalue weighted by molar-refractivity contribution is 0.103. The maximum Gasteiger partial charge on any atom is 0.193 e. The van der Waals surface area contributed by atoms with Gasteiger partial charge in [0.15, 0.2) is 5.78 Å². The first kappa shape index (κ1) is 14.4. The molecule has 0 saturated heterocycles. The summed E-state index contributed by atoms with van der Waals surface area (Å²) < 4.78 is 13.1. The Hall–Kier alpha value is -1.96. The van der Waals surface area contributed by atoms with Crippen LogP contribution in [0.15, 0.2) is 48.5 Å². The highest BCUT2D eigenvalue weighted by Crippen LogP contribution is 2.14. The molecule has 1 nitrogen and oxygen atoms in total. The number of aryl methyl sites for hydroxylation is 1. The average Bonchev–Trinajstić information content (AvgIpc) is 2.47. The molecule has 0 amide bonds. The maximum atomic E-state index is 13.1. The number of rotatable bonds is 6. The largest absolute Gasteiger partial charge is 0.289 e. The summed E-state index contributed by atoms with van der Waals surface area (Å²) in [6.07, 6.45) is 4.65. The Morgan fingerprint density at radius 1 is 1.00 bits per heavy atom. The van der Waals surface area contributed by atoms with Crippen molar-refractivity contribution < 1.29 is 9.18 Å². The fourth-order valence-corrected chi connectivity index (χ4v) is 2.20. The number of unbranched alkanes of at least 4 members (excludes halogenated alkanes) is 2. The molecule has 0 bridgehead atoms. The summed E-state index contributed by atoms with van der Waals surface area (Å²) in [5.74, 6) is -0.517. The van der Waals surface area contributed by atoms with Crippen molar-refractivity contribution in [2.75, 3.05) is 0 Å². The van der Waals surface area contributed by atoms with E-state index in [0.29, 0.717) is 11.1 Å². The third kappa shape index (κ3) is 3.77. The third-order valence-corrected chi connectivity index (χ3v) is 3.37. The molecule has 104 valence electrons. The van der Waals surface area contributed by atoms with Crippen LogP contribution in [0.3, 0.4) is 0 Å². The van der Waals surface area contributed by atoms with Crippen molar-refractivity contribution >= 4 is 5.78 Å². The van der Waals surface area contributed by atoms with Gasteiger partial charge in [0.2, 0.25) is 0 Å². The van der Waals surface area contributed by atoms with Crippen molar-refractivity contribution in [3.63, 3.8) is 0 Å². The molecule has 2 heteroatoms. The fourth-order valence-electron chi connectivity index (χ4n) is 2.20. The minimum absolute atomic E-state index is 0.135. The van der Waals surface area contributed by atoms with E-state index in [1.165, 1.54) is 37.0 Å². The lowest BCUT2D eigenvalue weighted by Crippen LogP contribution is -2.01. The van der Waals surface area contributed by atoms with Gasteiger partial charge >= 0.3 is 0 Å². The van der Waals surface area contributed by atoms with Gasteiger partial charge in [0.1, 0.15) is 5.82 Å². The number of hydrogen-bond acceptors (Lipinski definition) is 1. The van der Waals surface area contributed by atoms with Gasteiger partial charge in [-0.05, 0) is 30.5 Å². The van der Waals surface area contributed by atoms with Crippen LogP contribution < -0.4 is 0 Å². The summed E-state index contributed by atoms with van der Waals surface area (Å²) in [6, 6.07) is 13.4. The predicted octanol–water partition coefficient (Wildman–Crippen LogP) is 4.79. The topological polar surface area (TPSA) is 17.1 Å². The van der Waals surface area contributed by atoms with Crippen molar-refractivity contribution in [2.24, 2.45) is 0 Å². The number of ketones is 1. The van der Waals surface area contributed by atoms with Crippen LogP contribution in [0.4, 0.5) is 4.39 Å². The summed E-state index contributed by atoms with van der Waals surface area (Å²) in [7, 11) is 0. The first-order chi connectivity index (χ1) is 9.70. The first-order valence-electron chi connectivity index (χ1n) is 7.10. The second-order valence-electron chi connectivity index (χ2n) is 4.99. The summed E-state index contributed by atoms with van der Waals surface area (Å²) >= 11 is 0. The SMILES string of the molecule is CCCCCc1ccc(C(=O)c2cccc(F)c2)cc1. The Bertz CT molecular complexity index is 572. The molecule has 0 heterocycles. The van der Waals surface area contributed by atoms with E-state index in [2.05, 4.69) is 6.92 Å². The Morgan fingerprint density at radius 3 is 2.40 bits per heavy atom. The van der Waals surface area contributed by atoms with E-state index in [-0.39, 0.29) is 11.6 Å². The Labute approximate surface area is 119 Å². The fraction of sp³-hybridized carbons (Fsp3) is 0.278. The summed E-state index contributed by atoms with van der Waals surface area (Å²) in [5.41, 5.74) is 2.24. The van der Waals surface area contributed by atoms with Crippen LogP contribution in [-0.4, -0.2) is 5.78 Å². The van der Waals surface area contributed by atoms with Crippen molar-refractivity contribution in [2.45, 2.75) is 32.6 Å². The van der Waals surface area contributed by atoms with Gasteiger partial charge in [0.25, 0.3) is 0 Å². The van der Waals surface area contributed by atoms with Gasteiger partial charge in [0, 0.05) is 11.1 Å². The number of carbonyl (C=O) groups is 1. The van der Waals surface area contributed by atoms with E-state index >= 15 is 0 Å². The molecule has 2 rings (SSSR count). The number of hydrogen-bond donors (Lipinski definition) is 0. The van der Waals surface area contributed by atoms with Crippen LogP contribution in [0.5, 0.6) is 0 Å². The molecule has 0 fully saturated rings. The van der Waals surface area contributed by atoms with E-state index in [4.69, 9.17) is 0 Å². The molecule has 0 aliphatic heterocycles. The molecule has 0 unspecified atom stereocenters. The van der Waals surface area contributed by atoms with E-state index < -0.39 is 0 Å². The Kier molecular flexibility index (Phi) is 5.05. The van der Waals surface area contributed by atoms with Crippen LogP contribution in [-0.2, 0) is 6.42 Å². The maximum absolute atomic E-state index is 13.1. The highest BCUT2D eigenvalue weighted by Gasteiger charge is 2.09. The van der Waals surface area contributed by atoms with Gasteiger partial charge in [0.05, 0.1) is 0 Å². The highest BCUT2D eigenvalue weighted by molar-refractivity contribution is 6.08.